The summed E-state index contributed by atoms with van der Waals surface area (Å²) in [5.41, 5.74) is 0.468. The van der Waals surface area contributed by atoms with Crippen molar-refractivity contribution in [2.24, 2.45) is 0 Å². The number of hydrogen-bond acceptors (Lipinski definition) is 6. The zero-order chi connectivity index (χ0) is 24.7. The van der Waals surface area contributed by atoms with Crippen LogP contribution >= 0.6 is 11.8 Å². The molecular weight excluding hydrogens is 464 g/mol. The molecule has 1 atom stereocenters. The number of rotatable bonds is 5. The molecule has 0 spiro atoms. The molecule has 1 unspecified atom stereocenters. The number of nitrogens with zero attached hydrogens (tertiary/aromatic N) is 3. The first-order valence-electron chi connectivity index (χ1n) is 11.2. The van der Waals surface area contributed by atoms with Gasteiger partial charge in [0.05, 0.1) is 40.3 Å². The largest absolute Gasteiger partial charge is 0.467 e. The van der Waals surface area contributed by atoms with E-state index >= 15 is 0 Å². The van der Waals surface area contributed by atoms with Gasteiger partial charge in [-0.25, -0.2) is 4.98 Å². The second-order valence-corrected chi connectivity index (χ2v) is 10.2. The zero-order valence-corrected chi connectivity index (χ0v) is 20.3. The maximum Gasteiger partial charge on any atom is 0.262 e. The summed E-state index contributed by atoms with van der Waals surface area (Å²) in [6.45, 7) is 5.38. The molecule has 9 heteroatoms. The van der Waals surface area contributed by atoms with E-state index in [4.69, 9.17) is 9.40 Å². The third kappa shape index (κ3) is 4.01. The molecule has 1 N–H and O–H groups in total. The molecule has 8 nitrogen and oxygen atoms in total. The second kappa shape index (κ2) is 8.74. The molecule has 4 aromatic rings. The Morgan fingerprint density at radius 3 is 2.60 bits per heavy atom. The van der Waals surface area contributed by atoms with Crippen molar-refractivity contribution < 1.29 is 14.0 Å². The minimum absolute atomic E-state index is 0.188. The molecule has 0 radical (unpaired) electrons. The Morgan fingerprint density at radius 1 is 1.09 bits per heavy atom. The average molecular weight is 489 g/mol. The molecule has 1 aliphatic heterocycles. The Labute approximate surface area is 206 Å². The van der Waals surface area contributed by atoms with E-state index < -0.39 is 10.8 Å². The number of nitrogens with one attached hydrogen (secondary N) is 1. The number of carbonyl (C=O) groups excluding carboxylic acids is 2. The predicted octanol–water partition coefficient (Wildman–Crippen LogP) is 4.28. The number of thioether (sulfide) groups is 1. The van der Waals surface area contributed by atoms with E-state index in [0.29, 0.717) is 33.2 Å². The number of furan rings is 1. The molecule has 1 aliphatic rings. The number of para-hydroxylation sites is 3. The topological polar surface area (TPSA) is 97.4 Å². The maximum absolute atomic E-state index is 13.8. The van der Waals surface area contributed by atoms with Crippen molar-refractivity contribution >= 4 is 45.9 Å². The van der Waals surface area contributed by atoms with Crippen LogP contribution in [0.3, 0.4) is 0 Å². The minimum Gasteiger partial charge on any atom is -0.467 e. The number of amides is 2. The van der Waals surface area contributed by atoms with Crippen LogP contribution in [0, 0.1) is 0 Å². The van der Waals surface area contributed by atoms with E-state index in [2.05, 4.69) is 5.32 Å². The molecule has 2 amide bonds. The smallest absolute Gasteiger partial charge is 0.262 e. The predicted molar refractivity (Wildman–Crippen MR) is 136 cm³/mol. The Morgan fingerprint density at radius 2 is 1.83 bits per heavy atom. The van der Waals surface area contributed by atoms with Gasteiger partial charge in [0.15, 0.2) is 5.16 Å². The van der Waals surface area contributed by atoms with Crippen molar-refractivity contribution in [2.75, 3.05) is 10.2 Å². The summed E-state index contributed by atoms with van der Waals surface area (Å²) < 4.78 is 6.99. The fraction of sp³-hybridized carbons (Fsp3) is 0.231. The van der Waals surface area contributed by atoms with Crippen LogP contribution in [0.25, 0.3) is 10.9 Å². The minimum atomic E-state index is -1.09. The Balaban J connectivity index is 1.54. The highest BCUT2D eigenvalue weighted by Gasteiger charge is 2.45. The first kappa shape index (κ1) is 22.9. The molecule has 3 heterocycles. The molecule has 0 fully saturated rings. The highest BCUT2D eigenvalue weighted by Crippen LogP contribution is 2.38. The third-order valence-electron chi connectivity index (χ3n) is 6.08. The van der Waals surface area contributed by atoms with Crippen molar-refractivity contribution in [2.45, 2.75) is 43.3 Å². The van der Waals surface area contributed by atoms with Crippen LogP contribution in [-0.4, -0.2) is 32.2 Å². The Hall–Kier alpha value is -3.85. The van der Waals surface area contributed by atoms with Gasteiger partial charge in [-0.05, 0) is 57.2 Å². The summed E-state index contributed by atoms with van der Waals surface area (Å²) in [6.07, 6.45) is 1.55. The highest BCUT2D eigenvalue weighted by atomic mass is 32.2. The maximum atomic E-state index is 13.8. The first-order chi connectivity index (χ1) is 16.8. The average Bonchev–Trinajstić information content (AvgIpc) is 3.35. The van der Waals surface area contributed by atoms with Gasteiger partial charge in [0.1, 0.15) is 11.3 Å². The van der Waals surface area contributed by atoms with Gasteiger partial charge >= 0.3 is 0 Å². The van der Waals surface area contributed by atoms with E-state index in [0.717, 1.165) is 0 Å². The lowest BCUT2D eigenvalue weighted by Gasteiger charge is -2.43. The van der Waals surface area contributed by atoms with Crippen LogP contribution in [0.4, 0.5) is 11.4 Å². The van der Waals surface area contributed by atoms with Crippen molar-refractivity contribution in [3.63, 3.8) is 0 Å². The van der Waals surface area contributed by atoms with E-state index in [9.17, 15) is 14.4 Å². The highest BCUT2D eigenvalue weighted by molar-refractivity contribution is 8.00. The van der Waals surface area contributed by atoms with Gasteiger partial charge < -0.3 is 9.73 Å². The molecular formula is C26H24N4O4S. The van der Waals surface area contributed by atoms with Gasteiger partial charge in [-0.1, -0.05) is 36.0 Å². The quantitative estimate of drug-likeness (QED) is 0.333. The van der Waals surface area contributed by atoms with Crippen LogP contribution in [0.1, 0.15) is 26.5 Å². The summed E-state index contributed by atoms with van der Waals surface area (Å²) in [7, 11) is 0. The number of anilines is 2. The molecule has 35 heavy (non-hydrogen) atoms. The molecule has 5 rings (SSSR count). The van der Waals surface area contributed by atoms with E-state index in [-0.39, 0.29) is 23.9 Å². The van der Waals surface area contributed by atoms with Crippen molar-refractivity contribution in [1.82, 2.24) is 9.55 Å². The zero-order valence-electron chi connectivity index (χ0n) is 19.5. The van der Waals surface area contributed by atoms with Crippen LogP contribution < -0.4 is 15.8 Å². The van der Waals surface area contributed by atoms with Crippen LogP contribution in [0.15, 0.2) is 81.3 Å². The molecule has 2 aromatic heterocycles. The van der Waals surface area contributed by atoms with E-state index in [1.807, 2.05) is 24.3 Å². The molecule has 0 bridgehead atoms. The number of fused-ring (bicyclic) bond motifs is 2. The number of aromatic nitrogens is 2. The lowest BCUT2D eigenvalue weighted by molar-refractivity contribution is -0.126. The number of hydrogen-bond donors (Lipinski definition) is 1. The third-order valence-corrected chi connectivity index (χ3v) is 7.16. The number of carbonyl (C=O) groups is 2. The summed E-state index contributed by atoms with van der Waals surface area (Å²) in [5.74, 6) is 0.0855. The van der Waals surface area contributed by atoms with Crippen LogP contribution in [-0.2, 0) is 16.1 Å². The normalized spacial score (nSPS) is 15.5. The molecule has 0 aliphatic carbocycles. The lowest BCUT2D eigenvalue weighted by atomic mass is 9.96. The Bertz CT molecular complexity index is 1490. The summed E-state index contributed by atoms with van der Waals surface area (Å²) in [6, 6.07) is 17.9. The van der Waals surface area contributed by atoms with E-state index in [1.54, 1.807) is 63.4 Å². The van der Waals surface area contributed by atoms with Crippen molar-refractivity contribution in [3.8, 4) is 0 Å². The Kier molecular flexibility index (Phi) is 5.72. The van der Waals surface area contributed by atoms with Gasteiger partial charge in [-0.15, -0.1) is 0 Å². The summed E-state index contributed by atoms with van der Waals surface area (Å²) >= 11 is 1.19. The standard InChI is InChI=1S/C26H24N4O4S/c1-16(22(31)30-21-13-7-6-12-20(21)27-24(33)26(30,2)3)35-25-28-19-11-5-4-10-18(19)23(32)29(25)15-17-9-8-14-34-17/h4-14,16H,15H2,1-3H3,(H,27,33). The van der Waals surface area contributed by atoms with E-state index in [1.165, 1.54) is 21.2 Å². The van der Waals surface area contributed by atoms with Crippen molar-refractivity contribution in [3.05, 3.63) is 83.0 Å². The first-order valence-corrected chi connectivity index (χ1v) is 12.1. The van der Waals surface area contributed by atoms with Gasteiger partial charge in [-0.3, -0.25) is 23.9 Å². The van der Waals surface area contributed by atoms with Crippen LogP contribution in [0.5, 0.6) is 0 Å². The van der Waals surface area contributed by atoms with Crippen LogP contribution in [0.2, 0.25) is 0 Å². The monoisotopic (exact) mass is 488 g/mol. The summed E-state index contributed by atoms with van der Waals surface area (Å²) in [4.78, 5) is 46.2. The lowest BCUT2D eigenvalue weighted by Crippen LogP contribution is -2.60. The molecule has 2 aromatic carbocycles. The van der Waals surface area contributed by atoms with Crippen molar-refractivity contribution in [1.29, 1.82) is 0 Å². The molecule has 178 valence electrons. The molecule has 0 saturated carbocycles. The number of benzene rings is 2. The molecule has 0 saturated heterocycles. The second-order valence-electron chi connectivity index (χ2n) is 8.85. The SMILES string of the molecule is CC(Sc1nc2ccccc2c(=O)n1Cc1ccco1)C(=O)N1c2ccccc2NC(=O)C1(C)C. The van der Waals surface area contributed by atoms with Gasteiger partial charge in [0.2, 0.25) is 11.8 Å². The van der Waals surface area contributed by atoms with Gasteiger partial charge in [0.25, 0.3) is 5.56 Å². The fourth-order valence-electron chi connectivity index (χ4n) is 4.17. The van der Waals surface area contributed by atoms with Gasteiger partial charge in [0, 0.05) is 0 Å². The fourth-order valence-corrected chi connectivity index (χ4v) is 5.12. The summed E-state index contributed by atoms with van der Waals surface area (Å²) in [5, 5.41) is 3.13. The van der Waals surface area contributed by atoms with Gasteiger partial charge in [-0.2, -0.15) is 0 Å².